The summed E-state index contributed by atoms with van der Waals surface area (Å²) in [6, 6.07) is 7.16. The molecule has 0 bridgehead atoms. The minimum Gasteiger partial charge on any atom is -0.370 e. The molecule has 8 heteroatoms. The number of hydrogen-bond acceptors (Lipinski definition) is 4. The molecule has 1 amide bonds. The van der Waals surface area contributed by atoms with E-state index >= 15 is 0 Å². The second-order valence-corrected chi connectivity index (χ2v) is 6.30. The number of nitrogens with zero attached hydrogens (tertiary/aromatic N) is 3. The number of rotatable bonds is 4. The Bertz CT molecular complexity index is 705. The molecule has 1 fully saturated rings. The van der Waals surface area contributed by atoms with Crippen LogP contribution in [-0.4, -0.2) is 47.3 Å². The molecule has 2 aromatic rings. The molecule has 1 aliphatic heterocycles. The van der Waals surface area contributed by atoms with Crippen molar-refractivity contribution in [3.8, 4) is 0 Å². The fourth-order valence-corrected chi connectivity index (χ4v) is 3.06. The van der Waals surface area contributed by atoms with Gasteiger partial charge >= 0.3 is 0 Å². The van der Waals surface area contributed by atoms with Gasteiger partial charge in [0.15, 0.2) is 0 Å². The summed E-state index contributed by atoms with van der Waals surface area (Å²) in [7, 11) is 3.62. The van der Waals surface area contributed by atoms with E-state index in [4.69, 9.17) is 16.3 Å². The van der Waals surface area contributed by atoms with E-state index in [1.54, 1.807) is 17.9 Å². The Morgan fingerprint density at radius 2 is 2.12 bits per heavy atom. The van der Waals surface area contributed by atoms with Gasteiger partial charge in [-0.05, 0) is 24.7 Å². The lowest BCUT2D eigenvalue weighted by atomic mass is 10.1. The van der Waals surface area contributed by atoms with Crippen LogP contribution in [0.3, 0.4) is 0 Å². The van der Waals surface area contributed by atoms with E-state index < -0.39 is 6.04 Å². The number of benzene rings is 1. The SMILES string of the molecule is CNC(C(=O)N1CCOC(c2ccc(Cl)cc2)C1)c1cnn(C)c1.Cl. The van der Waals surface area contributed by atoms with Crippen LogP contribution in [-0.2, 0) is 16.6 Å². The minimum absolute atomic E-state index is 0. The molecular formula is C17H22Cl2N4O2. The first kappa shape index (κ1) is 19.7. The number of aryl methyl sites for hydroxylation is 1. The van der Waals surface area contributed by atoms with E-state index in [-0.39, 0.29) is 24.4 Å². The van der Waals surface area contributed by atoms with Gasteiger partial charge in [0.2, 0.25) is 5.91 Å². The molecule has 136 valence electrons. The van der Waals surface area contributed by atoms with Gasteiger partial charge in [0.05, 0.1) is 19.3 Å². The van der Waals surface area contributed by atoms with Crippen molar-refractivity contribution >= 4 is 29.9 Å². The van der Waals surface area contributed by atoms with Crippen molar-refractivity contribution in [2.24, 2.45) is 7.05 Å². The van der Waals surface area contributed by atoms with Crippen LogP contribution in [0, 0.1) is 0 Å². The molecule has 1 aromatic carbocycles. The van der Waals surface area contributed by atoms with E-state index in [1.807, 2.05) is 42.4 Å². The average Bonchev–Trinajstić information content (AvgIpc) is 3.02. The van der Waals surface area contributed by atoms with Gasteiger partial charge in [-0.2, -0.15) is 5.10 Å². The number of amides is 1. The highest BCUT2D eigenvalue weighted by atomic mass is 35.5. The lowest BCUT2D eigenvalue weighted by Gasteiger charge is -2.35. The number of carbonyl (C=O) groups excluding carboxylic acids is 1. The van der Waals surface area contributed by atoms with Crippen molar-refractivity contribution in [1.82, 2.24) is 20.0 Å². The Hall–Kier alpha value is -1.60. The zero-order valence-electron chi connectivity index (χ0n) is 14.2. The van der Waals surface area contributed by atoms with Gasteiger partial charge < -0.3 is 15.0 Å². The van der Waals surface area contributed by atoms with Crippen LogP contribution in [0.1, 0.15) is 23.3 Å². The summed E-state index contributed by atoms with van der Waals surface area (Å²) >= 11 is 5.94. The first-order valence-electron chi connectivity index (χ1n) is 7.90. The fraction of sp³-hybridized carbons (Fsp3) is 0.412. The lowest BCUT2D eigenvalue weighted by Crippen LogP contribution is -2.46. The number of halogens is 2. The minimum atomic E-state index is -0.400. The number of carbonyl (C=O) groups is 1. The molecule has 0 aliphatic carbocycles. The second kappa shape index (κ2) is 8.67. The van der Waals surface area contributed by atoms with E-state index in [2.05, 4.69) is 10.4 Å². The number of ether oxygens (including phenoxy) is 1. The summed E-state index contributed by atoms with van der Waals surface area (Å²) in [5, 5.41) is 7.93. The van der Waals surface area contributed by atoms with Crippen LogP contribution in [0.2, 0.25) is 5.02 Å². The number of aromatic nitrogens is 2. The van der Waals surface area contributed by atoms with Crippen molar-refractivity contribution in [3.63, 3.8) is 0 Å². The average molecular weight is 385 g/mol. The maximum Gasteiger partial charge on any atom is 0.244 e. The van der Waals surface area contributed by atoms with Gasteiger partial charge in [0.25, 0.3) is 0 Å². The molecule has 6 nitrogen and oxygen atoms in total. The summed E-state index contributed by atoms with van der Waals surface area (Å²) in [4.78, 5) is 14.8. The number of hydrogen-bond donors (Lipinski definition) is 1. The Morgan fingerprint density at radius 1 is 1.40 bits per heavy atom. The number of morpholine rings is 1. The Balaban J connectivity index is 0.00000225. The summed E-state index contributed by atoms with van der Waals surface area (Å²) in [6.07, 6.45) is 3.44. The Labute approximate surface area is 158 Å². The standard InChI is InChI=1S/C17H21ClN4O2.ClH/c1-19-16(13-9-20-21(2)10-13)17(23)22-7-8-24-15(11-22)12-3-5-14(18)6-4-12;/h3-6,9-10,15-16,19H,7-8,11H2,1-2H3;1H. The molecule has 1 aliphatic rings. The summed E-state index contributed by atoms with van der Waals surface area (Å²) in [5.74, 6) is 0.0350. The zero-order chi connectivity index (χ0) is 17.1. The molecule has 0 radical (unpaired) electrons. The van der Waals surface area contributed by atoms with Crippen LogP contribution in [0.5, 0.6) is 0 Å². The third kappa shape index (κ3) is 4.52. The highest BCUT2D eigenvalue weighted by molar-refractivity contribution is 6.30. The molecule has 3 rings (SSSR count). The van der Waals surface area contributed by atoms with Crippen molar-refractivity contribution in [1.29, 1.82) is 0 Å². The smallest absolute Gasteiger partial charge is 0.244 e. The maximum atomic E-state index is 12.9. The molecule has 1 saturated heterocycles. The van der Waals surface area contributed by atoms with Gasteiger partial charge in [-0.1, -0.05) is 23.7 Å². The molecule has 25 heavy (non-hydrogen) atoms. The van der Waals surface area contributed by atoms with Crippen LogP contribution in [0.4, 0.5) is 0 Å². The summed E-state index contributed by atoms with van der Waals surface area (Å²) in [5.41, 5.74) is 1.89. The Morgan fingerprint density at radius 3 is 2.72 bits per heavy atom. The molecule has 2 atom stereocenters. The predicted octanol–water partition coefficient (Wildman–Crippen LogP) is 2.36. The molecule has 2 unspecified atom stereocenters. The number of nitrogens with one attached hydrogen (secondary N) is 1. The van der Waals surface area contributed by atoms with Gasteiger partial charge in [-0.15, -0.1) is 12.4 Å². The highest BCUT2D eigenvalue weighted by Crippen LogP contribution is 2.25. The van der Waals surface area contributed by atoms with Gasteiger partial charge in [-0.3, -0.25) is 9.48 Å². The van der Waals surface area contributed by atoms with E-state index in [1.165, 1.54) is 0 Å². The second-order valence-electron chi connectivity index (χ2n) is 5.86. The van der Waals surface area contributed by atoms with Gasteiger partial charge in [0, 0.05) is 30.4 Å². The van der Waals surface area contributed by atoms with Gasteiger partial charge in [0.1, 0.15) is 12.1 Å². The first-order valence-corrected chi connectivity index (χ1v) is 8.28. The number of likely N-dealkylation sites (N-methyl/N-ethyl adjacent to an activating group) is 1. The summed E-state index contributed by atoms with van der Waals surface area (Å²) < 4.78 is 7.53. The molecular weight excluding hydrogens is 363 g/mol. The summed E-state index contributed by atoms with van der Waals surface area (Å²) in [6.45, 7) is 1.63. The molecule has 2 heterocycles. The predicted molar refractivity (Wildman–Crippen MR) is 99.0 cm³/mol. The van der Waals surface area contributed by atoms with Crippen molar-refractivity contribution in [3.05, 3.63) is 52.8 Å². The van der Waals surface area contributed by atoms with Crippen molar-refractivity contribution < 1.29 is 9.53 Å². The van der Waals surface area contributed by atoms with Crippen LogP contribution >= 0.6 is 24.0 Å². The van der Waals surface area contributed by atoms with Crippen molar-refractivity contribution in [2.75, 3.05) is 26.7 Å². The molecule has 0 saturated carbocycles. The first-order chi connectivity index (χ1) is 11.6. The lowest BCUT2D eigenvalue weighted by molar-refractivity contribution is -0.141. The monoisotopic (exact) mass is 384 g/mol. The topological polar surface area (TPSA) is 59.4 Å². The van der Waals surface area contributed by atoms with E-state index in [0.717, 1.165) is 11.1 Å². The molecule has 0 spiro atoms. The van der Waals surface area contributed by atoms with E-state index in [9.17, 15) is 4.79 Å². The fourth-order valence-electron chi connectivity index (χ4n) is 2.93. The molecule has 1 aromatic heterocycles. The van der Waals surface area contributed by atoms with Crippen LogP contribution in [0.25, 0.3) is 0 Å². The third-order valence-corrected chi connectivity index (χ3v) is 4.47. The van der Waals surface area contributed by atoms with Crippen LogP contribution < -0.4 is 5.32 Å². The highest BCUT2D eigenvalue weighted by Gasteiger charge is 2.30. The largest absolute Gasteiger partial charge is 0.370 e. The zero-order valence-corrected chi connectivity index (χ0v) is 15.8. The maximum absolute atomic E-state index is 12.9. The van der Waals surface area contributed by atoms with Gasteiger partial charge in [-0.25, -0.2) is 0 Å². The normalized spacial score (nSPS) is 18.5. The molecule has 1 N–H and O–H groups in total. The Kier molecular flexibility index (Phi) is 6.84. The van der Waals surface area contributed by atoms with E-state index in [0.29, 0.717) is 24.7 Å². The quantitative estimate of drug-likeness (QED) is 0.878. The van der Waals surface area contributed by atoms with Crippen molar-refractivity contribution in [2.45, 2.75) is 12.1 Å². The van der Waals surface area contributed by atoms with Crippen LogP contribution in [0.15, 0.2) is 36.7 Å². The third-order valence-electron chi connectivity index (χ3n) is 4.21.